The lowest BCUT2D eigenvalue weighted by molar-refractivity contribution is -0.0105. The summed E-state index contributed by atoms with van der Waals surface area (Å²) in [5, 5.41) is 12.9. The summed E-state index contributed by atoms with van der Waals surface area (Å²) in [4.78, 5) is 0. The van der Waals surface area contributed by atoms with Crippen molar-refractivity contribution >= 4 is 0 Å². The van der Waals surface area contributed by atoms with Gasteiger partial charge in [0.1, 0.15) is 11.6 Å². The number of aliphatic hydroxyl groups is 1. The molecule has 3 nitrogen and oxygen atoms in total. The first-order valence-electron chi connectivity index (χ1n) is 6.33. The largest absolute Gasteiger partial charge is 0.387 e. The van der Waals surface area contributed by atoms with Crippen LogP contribution in [0.25, 0.3) is 0 Å². The van der Waals surface area contributed by atoms with Crippen molar-refractivity contribution in [1.29, 1.82) is 0 Å². The zero-order chi connectivity index (χ0) is 14.5. The minimum absolute atomic E-state index is 0.0862. The van der Waals surface area contributed by atoms with Crippen LogP contribution in [0.15, 0.2) is 18.2 Å². The standard InChI is InChI=1S/C14H21F2NO2/c1-4-19-14(2,3)9-17-8-13(18)11-6-5-10(15)7-12(11)16/h5-7,13,17-18H,4,8-9H2,1-3H3. The third-order valence-electron chi connectivity index (χ3n) is 2.74. The van der Waals surface area contributed by atoms with Gasteiger partial charge in [-0.25, -0.2) is 8.78 Å². The topological polar surface area (TPSA) is 41.5 Å². The van der Waals surface area contributed by atoms with E-state index in [0.717, 1.165) is 12.1 Å². The summed E-state index contributed by atoms with van der Waals surface area (Å²) < 4.78 is 31.7. The Bertz CT molecular complexity index is 410. The monoisotopic (exact) mass is 273 g/mol. The van der Waals surface area contributed by atoms with Gasteiger partial charge in [0, 0.05) is 31.3 Å². The summed E-state index contributed by atoms with van der Waals surface area (Å²) in [5.41, 5.74) is -0.265. The smallest absolute Gasteiger partial charge is 0.131 e. The number of rotatable bonds is 7. The van der Waals surface area contributed by atoms with Crippen molar-refractivity contribution in [2.24, 2.45) is 0 Å². The Balaban J connectivity index is 2.49. The molecule has 2 N–H and O–H groups in total. The molecule has 108 valence electrons. The first-order valence-corrected chi connectivity index (χ1v) is 6.33. The Morgan fingerprint density at radius 1 is 1.37 bits per heavy atom. The van der Waals surface area contributed by atoms with Crippen LogP contribution in [0.2, 0.25) is 0 Å². The lowest BCUT2D eigenvalue weighted by Gasteiger charge is -2.25. The van der Waals surface area contributed by atoms with Crippen LogP contribution in [0, 0.1) is 11.6 Å². The highest BCUT2D eigenvalue weighted by molar-refractivity contribution is 5.21. The number of benzene rings is 1. The Morgan fingerprint density at radius 2 is 2.05 bits per heavy atom. The average molecular weight is 273 g/mol. The molecule has 1 atom stereocenters. The molecule has 0 fully saturated rings. The van der Waals surface area contributed by atoms with Crippen LogP contribution in [0.5, 0.6) is 0 Å². The van der Waals surface area contributed by atoms with Gasteiger partial charge >= 0.3 is 0 Å². The van der Waals surface area contributed by atoms with Crippen molar-refractivity contribution in [1.82, 2.24) is 5.32 Å². The number of ether oxygens (including phenoxy) is 1. The number of hydrogen-bond donors (Lipinski definition) is 2. The van der Waals surface area contributed by atoms with Crippen molar-refractivity contribution in [3.63, 3.8) is 0 Å². The van der Waals surface area contributed by atoms with Crippen molar-refractivity contribution in [3.05, 3.63) is 35.4 Å². The summed E-state index contributed by atoms with van der Waals surface area (Å²) in [6.07, 6.45) is -1.02. The predicted molar refractivity (Wildman–Crippen MR) is 69.9 cm³/mol. The summed E-state index contributed by atoms with van der Waals surface area (Å²) in [7, 11) is 0. The Labute approximate surface area is 112 Å². The second-order valence-electron chi connectivity index (χ2n) is 5.01. The van der Waals surface area contributed by atoms with Gasteiger partial charge < -0.3 is 15.2 Å². The second-order valence-corrected chi connectivity index (χ2v) is 5.01. The molecule has 1 aromatic rings. The zero-order valence-corrected chi connectivity index (χ0v) is 11.5. The fraction of sp³-hybridized carbons (Fsp3) is 0.571. The van der Waals surface area contributed by atoms with E-state index in [-0.39, 0.29) is 17.7 Å². The van der Waals surface area contributed by atoms with E-state index in [1.165, 1.54) is 6.07 Å². The molecule has 0 aliphatic carbocycles. The van der Waals surface area contributed by atoms with Gasteiger partial charge in [0.05, 0.1) is 11.7 Å². The van der Waals surface area contributed by atoms with E-state index >= 15 is 0 Å². The van der Waals surface area contributed by atoms with E-state index in [4.69, 9.17) is 4.74 Å². The summed E-state index contributed by atoms with van der Waals surface area (Å²) in [5.74, 6) is -1.39. The van der Waals surface area contributed by atoms with Crippen LogP contribution < -0.4 is 5.32 Å². The van der Waals surface area contributed by atoms with Crippen LogP contribution in [-0.2, 0) is 4.74 Å². The lowest BCUT2D eigenvalue weighted by Crippen LogP contribution is -2.39. The maximum atomic E-state index is 13.4. The first kappa shape index (κ1) is 16.0. The molecule has 1 rings (SSSR count). The summed E-state index contributed by atoms with van der Waals surface area (Å²) in [6, 6.07) is 3.15. The van der Waals surface area contributed by atoms with Crippen LogP contribution in [0.3, 0.4) is 0 Å². The van der Waals surface area contributed by atoms with E-state index in [9.17, 15) is 13.9 Å². The molecule has 0 aliphatic heterocycles. The molecule has 0 aliphatic rings. The van der Waals surface area contributed by atoms with Crippen molar-refractivity contribution in [2.75, 3.05) is 19.7 Å². The highest BCUT2D eigenvalue weighted by atomic mass is 19.1. The molecule has 0 aromatic heterocycles. The third-order valence-corrected chi connectivity index (χ3v) is 2.74. The number of nitrogens with one attached hydrogen (secondary N) is 1. The molecule has 19 heavy (non-hydrogen) atoms. The zero-order valence-electron chi connectivity index (χ0n) is 11.5. The third kappa shape index (κ3) is 5.22. The Morgan fingerprint density at radius 3 is 2.63 bits per heavy atom. The lowest BCUT2D eigenvalue weighted by atomic mass is 10.1. The molecular formula is C14H21F2NO2. The van der Waals surface area contributed by atoms with Gasteiger partial charge in [-0.2, -0.15) is 0 Å². The fourth-order valence-electron chi connectivity index (χ4n) is 1.83. The molecule has 0 amide bonds. The van der Waals surface area contributed by atoms with Gasteiger partial charge in [-0.15, -0.1) is 0 Å². The number of halogens is 2. The summed E-state index contributed by atoms with van der Waals surface area (Å²) >= 11 is 0. The average Bonchev–Trinajstić information content (AvgIpc) is 2.28. The van der Waals surface area contributed by atoms with Crippen LogP contribution in [-0.4, -0.2) is 30.4 Å². The van der Waals surface area contributed by atoms with E-state index in [0.29, 0.717) is 13.2 Å². The van der Waals surface area contributed by atoms with Gasteiger partial charge in [-0.1, -0.05) is 6.07 Å². The van der Waals surface area contributed by atoms with Crippen molar-refractivity contribution in [2.45, 2.75) is 32.5 Å². The summed E-state index contributed by atoms with van der Waals surface area (Å²) in [6.45, 7) is 7.07. The van der Waals surface area contributed by atoms with Gasteiger partial charge in [0.25, 0.3) is 0 Å². The van der Waals surface area contributed by atoms with E-state index in [1.807, 2.05) is 20.8 Å². The highest BCUT2D eigenvalue weighted by Crippen LogP contribution is 2.17. The Kier molecular flexibility index (Phi) is 5.85. The molecule has 0 heterocycles. The predicted octanol–water partition coefficient (Wildman–Crippen LogP) is 2.40. The van der Waals surface area contributed by atoms with E-state index in [2.05, 4.69) is 5.32 Å². The quantitative estimate of drug-likeness (QED) is 0.801. The molecule has 5 heteroatoms. The molecule has 0 radical (unpaired) electrons. The van der Waals surface area contributed by atoms with E-state index < -0.39 is 17.7 Å². The number of aliphatic hydroxyl groups excluding tert-OH is 1. The molecular weight excluding hydrogens is 252 g/mol. The molecule has 1 aromatic carbocycles. The van der Waals surface area contributed by atoms with Crippen molar-refractivity contribution < 1.29 is 18.6 Å². The molecule has 0 saturated carbocycles. The minimum atomic E-state index is -1.02. The minimum Gasteiger partial charge on any atom is -0.387 e. The molecule has 0 saturated heterocycles. The van der Waals surface area contributed by atoms with Gasteiger partial charge in [-0.3, -0.25) is 0 Å². The second kappa shape index (κ2) is 6.93. The van der Waals surface area contributed by atoms with Gasteiger partial charge in [-0.05, 0) is 26.8 Å². The van der Waals surface area contributed by atoms with E-state index in [1.54, 1.807) is 0 Å². The Hall–Kier alpha value is -1.04. The maximum Gasteiger partial charge on any atom is 0.131 e. The van der Waals surface area contributed by atoms with Gasteiger partial charge in [0.2, 0.25) is 0 Å². The van der Waals surface area contributed by atoms with Gasteiger partial charge in [0.15, 0.2) is 0 Å². The maximum absolute atomic E-state index is 13.4. The number of hydrogen-bond acceptors (Lipinski definition) is 3. The first-order chi connectivity index (χ1) is 8.85. The van der Waals surface area contributed by atoms with Crippen LogP contribution in [0.1, 0.15) is 32.4 Å². The van der Waals surface area contributed by atoms with Crippen molar-refractivity contribution in [3.8, 4) is 0 Å². The molecule has 1 unspecified atom stereocenters. The fourth-order valence-corrected chi connectivity index (χ4v) is 1.83. The highest BCUT2D eigenvalue weighted by Gasteiger charge is 2.19. The normalized spacial score (nSPS) is 13.6. The molecule has 0 spiro atoms. The molecule has 0 bridgehead atoms. The SMILES string of the molecule is CCOC(C)(C)CNCC(O)c1ccc(F)cc1F. The van der Waals surface area contributed by atoms with Crippen LogP contribution in [0.4, 0.5) is 8.78 Å². The van der Waals surface area contributed by atoms with Crippen LogP contribution >= 0.6 is 0 Å².